The van der Waals surface area contributed by atoms with E-state index in [1.807, 2.05) is 5.10 Å². The summed E-state index contributed by atoms with van der Waals surface area (Å²) in [6.07, 6.45) is 0. The number of carboxylic acid groups (broad SMARTS) is 1. The Morgan fingerprint density at radius 2 is 1.69 bits per heavy atom. The molecule has 5 N–H and O–H groups in total. The zero-order valence-electron chi connectivity index (χ0n) is 13.7. The number of nitrogens with zero attached hydrogens (tertiary/aromatic N) is 4. The summed E-state index contributed by atoms with van der Waals surface area (Å²) in [6.45, 7) is 0. The van der Waals surface area contributed by atoms with Crippen molar-refractivity contribution < 1.29 is 40.9 Å². The number of nitrogens with one attached hydrogen (secondary N) is 1. The fourth-order valence-corrected chi connectivity index (χ4v) is 3.80. The summed E-state index contributed by atoms with van der Waals surface area (Å²) in [6, 6.07) is 3.75. The normalized spacial score (nSPS) is 12.6. The van der Waals surface area contributed by atoms with Crippen molar-refractivity contribution in [3.05, 3.63) is 30.1 Å². The number of carboxylic acids is 1. The monoisotopic (exact) mass is 443 g/mol. The Hall–Kier alpha value is -3.47. The van der Waals surface area contributed by atoms with Crippen LogP contribution in [0.4, 0.5) is 11.6 Å². The highest BCUT2D eigenvalue weighted by Gasteiger charge is 2.25. The van der Waals surface area contributed by atoms with Gasteiger partial charge in [-0.25, -0.2) is 4.79 Å². The van der Waals surface area contributed by atoms with E-state index in [0.717, 1.165) is 18.2 Å². The first-order valence-corrected chi connectivity index (χ1v) is 10.1. The minimum atomic E-state index is -4.93. The number of aromatic nitrogens is 3. The minimum absolute atomic E-state index is 0.412. The van der Waals surface area contributed by atoms with Crippen molar-refractivity contribution in [3.63, 3.8) is 0 Å². The van der Waals surface area contributed by atoms with Gasteiger partial charge in [-0.3, -0.25) is 14.2 Å². The molecule has 2 aromatic carbocycles. The van der Waals surface area contributed by atoms with Crippen LogP contribution in [0.5, 0.6) is 5.75 Å². The second kappa shape index (κ2) is 6.85. The second-order valence-corrected chi connectivity index (χ2v) is 8.14. The quantitative estimate of drug-likeness (QED) is 0.278. The Labute approximate surface area is 161 Å². The van der Waals surface area contributed by atoms with E-state index in [1.165, 1.54) is 0 Å². The molecule has 0 amide bonds. The van der Waals surface area contributed by atoms with E-state index in [-0.39, 0.29) is 0 Å². The summed E-state index contributed by atoms with van der Waals surface area (Å²) in [5.41, 5.74) is -0.636. The molecule has 0 spiro atoms. The van der Waals surface area contributed by atoms with Gasteiger partial charge in [0, 0.05) is 10.8 Å². The van der Waals surface area contributed by atoms with Crippen LogP contribution in [0.15, 0.2) is 44.3 Å². The molecule has 29 heavy (non-hydrogen) atoms. The first-order valence-electron chi connectivity index (χ1n) is 7.20. The molecule has 0 saturated heterocycles. The van der Waals surface area contributed by atoms with Crippen LogP contribution >= 0.6 is 0 Å². The molecule has 0 fully saturated rings. The highest BCUT2D eigenvalue weighted by atomic mass is 32.2. The number of benzene rings is 2. The van der Waals surface area contributed by atoms with Crippen LogP contribution in [0.2, 0.25) is 0 Å². The third-order valence-electron chi connectivity index (χ3n) is 3.52. The molecule has 3 rings (SSSR count). The molecule has 0 aliphatic heterocycles. The number of H-pyrrole nitrogens is 1. The summed E-state index contributed by atoms with van der Waals surface area (Å²) in [5.74, 6) is -3.41. The first-order chi connectivity index (χ1) is 13.4. The maximum atomic E-state index is 11.7. The lowest BCUT2D eigenvalue weighted by molar-refractivity contribution is 0.0684. The maximum absolute atomic E-state index is 11.7. The minimum Gasteiger partial charge on any atom is -0.505 e. The van der Waals surface area contributed by atoms with Crippen molar-refractivity contribution in [2.75, 3.05) is 0 Å². The predicted molar refractivity (Wildman–Crippen MR) is 92.8 cm³/mol. The van der Waals surface area contributed by atoms with E-state index in [1.54, 1.807) is 0 Å². The molecule has 1 heterocycles. The van der Waals surface area contributed by atoms with Crippen molar-refractivity contribution in [1.82, 2.24) is 15.2 Å². The highest BCUT2D eigenvalue weighted by Crippen LogP contribution is 2.42. The third kappa shape index (κ3) is 3.90. The molecule has 0 aliphatic carbocycles. The lowest BCUT2D eigenvalue weighted by Gasteiger charge is -2.11. The smallest absolute Gasteiger partial charge is 0.373 e. The summed E-state index contributed by atoms with van der Waals surface area (Å²) >= 11 is 0. The van der Waals surface area contributed by atoms with Crippen molar-refractivity contribution in [2.24, 2.45) is 10.2 Å². The van der Waals surface area contributed by atoms with Gasteiger partial charge in [0.1, 0.15) is 15.5 Å². The van der Waals surface area contributed by atoms with Crippen LogP contribution in [0.3, 0.4) is 0 Å². The number of hydrogen-bond donors (Lipinski definition) is 5. The van der Waals surface area contributed by atoms with Crippen LogP contribution in [-0.2, 0) is 20.2 Å². The third-order valence-corrected chi connectivity index (χ3v) is 5.31. The number of fused-ring (bicyclic) bond motifs is 1. The molecular weight excluding hydrogens is 434 g/mol. The van der Waals surface area contributed by atoms with Gasteiger partial charge in [-0.15, -0.1) is 15.3 Å². The summed E-state index contributed by atoms with van der Waals surface area (Å²) in [7, 11) is -9.83. The van der Waals surface area contributed by atoms with E-state index in [2.05, 4.69) is 20.3 Å². The van der Waals surface area contributed by atoms with Crippen LogP contribution in [-0.4, -0.2) is 57.3 Å². The molecule has 3 aromatic rings. The number of aromatic amines is 1. The van der Waals surface area contributed by atoms with Gasteiger partial charge < -0.3 is 10.2 Å². The summed E-state index contributed by atoms with van der Waals surface area (Å²) in [4.78, 5) is 12.5. The van der Waals surface area contributed by atoms with E-state index in [0.29, 0.717) is 6.07 Å². The molecule has 0 unspecified atom stereocenters. The number of azo groups is 1. The number of carbonyl (C=O) groups is 1. The Balaban J connectivity index is 2.31. The Kier molecular flexibility index (Phi) is 4.79. The zero-order valence-corrected chi connectivity index (χ0v) is 15.4. The van der Waals surface area contributed by atoms with Gasteiger partial charge in [-0.05, 0) is 12.1 Å². The second-order valence-electron chi connectivity index (χ2n) is 5.36. The Bertz CT molecular complexity index is 1390. The van der Waals surface area contributed by atoms with Crippen LogP contribution in [0.1, 0.15) is 10.6 Å². The molecule has 0 radical (unpaired) electrons. The zero-order chi connectivity index (χ0) is 21.6. The molecule has 14 nitrogen and oxygen atoms in total. The van der Waals surface area contributed by atoms with Crippen LogP contribution < -0.4 is 0 Å². The van der Waals surface area contributed by atoms with Crippen molar-refractivity contribution in [3.8, 4) is 5.75 Å². The molecule has 152 valence electrons. The van der Waals surface area contributed by atoms with Gasteiger partial charge in [-0.1, -0.05) is 12.1 Å². The van der Waals surface area contributed by atoms with Crippen LogP contribution in [0, 0.1) is 0 Å². The van der Waals surface area contributed by atoms with Gasteiger partial charge in [0.25, 0.3) is 26.2 Å². The first kappa shape index (κ1) is 20.3. The molecule has 1 aromatic heterocycles. The molecule has 0 saturated carbocycles. The maximum Gasteiger partial charge on any atom is 0.373 e. The van der Waals surface area contributed by atoms with Crippen molar-refractivity contribution >= 4 is 48.6 Å². The van der Waals surface area contributed by atoms with E-state index >= 15 is 0 Å². The lowest BCUT2D eigenvalue weighted by atomic mass is 10.1. The number of phenols is 1. The average molecular weight is 443 g/mol. The van der Waals surface area contributed by atoms with Gasteiger partial charge in [0.2, 0.25) is 5.82 Å². The molecular formula is C13H9N5O9S2. The standard InChI is InChI=1S/C13H9N5O9S2/c19-10-6(15-17-13-14-11(12(20)21)16-18-13)4-8(29(25,26)27)5-2-1-3-7(9(5)10)28(22,23)24/h1-4,19H,(H,20,21)(H,14,16,18)(H,22,23,24)(H,25,26,27). The van der Waals surface area contributed by atoms with Crippen LogP contribution in [0.25, 0.3) is 10.8 Å². The van der Waals surface area contributed by atoms with Gasteiger partial charge in [0.05, 0.1) is 0 Å². The topological polar surface area (TPSA) is 233 Å². The largest absolute Gasteiger partial charge is 0.505 e. The highest BCUT2D eigenvalue weighted by molar-refractivity contribution is 7.86. The number of aromatic carboxylic acids is 1. The summed E-state index contributed by atoms with van der Waals surface area (Å²) in [5, 5.41) is 30.5. The van der Waals surface area contributed by atoms with E-state index in [4.69, 9.17) is 5.11 Å². The lowest BCUT2D eigenvalue weighted by Crippen LogP contribution is -2.03. The van der Waals surface area contributed by atoms with Gasteiger partial charge in [0.15, 0.2) is 5.75 Å². The fourth-order valence-electron chi connectivity index (χ4n) is 2.38. The molecule has 0 aliphatic rings. The number of phenolic OH excluding ortho intramolecular Hbond substituents is 1. The predicted octanol–water partition coefficient (Wildman–Crippen LogP) is 1.27. The SMILES string of the molecule is O=C(O)c1nc(N=Nc2cc(S(=O)(=O)O)c3cccc(S(=O)(=O)O)c3c2O)n[nH]1. The summed E-state index contributed by atoms with van der Waals surface area (Å²) < 4.78 is 65.5. The molecule has 0 atom stereocenters. The van der Waals surface area contributed by atoms with E-state index < -0.39 is 70.0 Å². The average Bonchev–Trinajstić information content (AvgIpc) is 3.08. The van der Waals surface area contributed by atoms with Gasteiger partial charge >= 0.3 is 5.97 Å². The number of rotatable bonds is 5. The fraction of sp³-hybridized carbons (Fsp3) is 0. The Morgan fingerprint density at radius 3 is 2.24 bits per heavy atom. The van der Waals surface area contributed by atoms with E-state index in [9.17, 15) is 35.8 Å². The molecule has 0 bridgehead atoms. The van der Waals surface area contributed by atoms with Gasteiger partial charge in [-0.2, -0.15) is 21.8 Å². The van der Waals surface area contributed by atoms with Crippen molar-refractivity contribution in [1.29, 1.82) is 0 Å². The Morgan fingerprint density at radius 1 is 1.03 bits per heavy atom. The van der Waals surface area contributed by atoms with Crippen molar-refractivity contribution in [2.45, 2.75) is 9.79 Å². The molecule has 16 heteroatoms. The number of aromatic hydroxyl groups is 1. The number of hydrogen-bond acceptors (Lipinski definition) is 10.